The molecule has 21 heavy (non-hydrogen) atoms. The van der Waals surface area contributed by atoms with Crippen molar-refractivity contribution in [2.24, 2.45) is 0 Å². The quantitative estimate of drug-likeness (QED) is 0.592. The van der Waals surface area contributed by atoms with Gasteiger partial charge in [0, 0.05) is 18.6 Å². The van der Waals surface area contributed by atoms with Gasteiger partial charge in [0.1, 0.15) is 5.82 Å². The summed E-state index contributed by atoms with van der Waals surface area (Å²) in [6.07, 6.45) is 3.65. The van der Waals surface area contributed by atoms with E-state index in [0.29, 0.717) is 25.0 Å². The molecule has 116 valence electrons. The summed E-state index contributed by atoms with van der Waals surface area (Å²) in [4.78, 5) is 11.9. The van der Waals surface area contributed by atoms with Gasteiger partial charge >= 0.3 is 0 Å². The molecule has 2 atom stereocenters. The lowest BCUT2D eigenvalue weighted by Crippen LogP contribution is -2.34. The van der Waals surface area contributed by atoms with E-state index in [4.69, 9.17) is 9.47 Å². The number of rotatable bonds is 6. The second-order valence-corrected chi connectivity index (χ2v) is 5.76. The Morgan fingerprint density at radius 3 is 2.48 bits per heavy atom. The molecule has 2 unspecified atom stereocenters. The minimum Gasteiger partial charge on any atom is -0.378 e. The number of hydrogen-bond donors (Lipinski definition) is 0. The minimum absolute atomic E-state index is 0.0345. The molecule has 1 saturated heterocycles. The van der Waals surface area contributed by atoms with Gasteiger partial charge in [0.2, 0.25) is 0 Å². The van der Waals surface area contributed by atoms with Gasteiger partial charge in [-0.3, -0.25) is 4.79 Å². The van der Waals surface area contributed by atoms with Crippen molar-refractivity contribution in [2.45, 2.75) is 57.8 Å². The highest BCUT2D eigenvalue weighted by atomic mass is 19.1. The van der Waals surface area contributed by atoms with E-state index < -0.39 is 0 Å². The molecular formula is C17H23FO3. The number of Topliss-reactive ketones (excluding diaryl/α,β-unsaturated/α-hetero) is 1. The number of carbonyl (C=O) groups excluding carboxylic acids is 1. The third-order valence-corrected chi connectivity index (χ3v) is 3.72. The Hall–Kier alpha value is -1.26. The Labute approximate surface area is 125 Å². The fraction of sp³-hybridized carbons (Fsp3) is 0.588. The van der Waals surface area contributed by atoms with E-state index in [-0.39, 0.29) is 29.9 Å². The van der Waals surface area contributed by atoms with Gasteiger partial charge in [-0.05, 0) is 57.4 Å². The Morgan fingerprint density at radius 2 is 1.86 bits per heavy atom. The maximum Gasteiger partial charge on any atom is 0.162 e. The van der Waals surface area contributed by atoms with Gasteiger partial charge in [0.05, 0.1) is 18.3 Å². The number of carbonyl (C=O) groups is 1. The van der Waals surface area contributed by atoms with E-state index in [1.54, 1.807) is 0 Å². The first-order chi connectivity index (χ1) is 10.0. The SMILES string of the molecule is CC1CC(OCCCC(=O)c2ccc(F)cc2)CC(C)O1. The van der Waals surface area contributed by atoms with E-state index in [0.717, 1.165) is 12.8 Å². The lowest BCUT2D eigenvalue weighted by molar-refractivity contribution is -0.102. The molecule has 0 saturated carbocycles. The van der Waals surface area contributed by atoms with Crippen LogP contribution in [0.4, 0.5) is 4.39 Å². The molecule has 1 fully saturated rings. The van der Waals surface area contributed by atoms with E-state index in [1.165, 1.54) is 24.3 Å². The maximum absolute atomic E-state index is 12.8. The largest absolute Gasteiger partial charge is 0.378 e. The lowest BCUT2D eigenvalue weighted by Gasteiger charge is -2.32. The highest BCUT2D eigenvalue weighted by Gasteiger charge is 2.24. The predicted octanol–water partition coefficient (Wildman–Crippen LogP) is 3.76. The van der Waals surface area contributed by atoms with Crippen molar-refractivity contribution in [1.29, 1.82) is 0 Å². The maximum atomic E-state index is 12.8. The summed E-state index contributed by atoms with van der Waals surface area (Å²) in [5.74, 6) is -0.287. The topological polar surface area (TPSA) is 35.5 Å². The van der Waals surface area contributed by atoms with Crippen molar-refractivity contribution in [3.8, 4) is 0 Å². The first-order valence-electron chi connectivity index (χ1n) is 7.60. The van der Waals surface area contributed by atoms with Crippen molar-refractivity contribution in [3.63, 3.8) is 0 Å². The summed E-state index contributed by atoms with van der Waals surface area (Å²) < 4.78 is 24.3. The molecular weight excluding hydrogens is 271 g/mol. The first kappa shape index (κ1) is 16.1. The van der Waals surface area contributed by atoms with Gasteiger partial charge in [-0.15, -0.1) is 0 Å². The molecule has 1 aliphatic rings. The molecule has 0 aliphatic carbocycles. The average Bonchev–Trinajstić information content (AvgIpc) is 2.43. The van der Waals surface area contributed by atoms with Gasteiger partial charge in [-0.2, -0.15) is 0 Å². The van der Waals surface area contributed by atoms with Gasteiger partial charge < -0.3 is 9.47 Å². The van der Waals surface area contributed by atoms with Crippen LogP contribution in [-0.2, 0) is 9.47 Å². The Balaban J connectivity index is 1.67. The molecule has 1 heterocycles. The number of hydrogen-bond acceptors (Lipinski definition) is 3. The Kier molecular flexibility index (Phi) is 5.88. The number of ether oxygens (including phenoxy) is 2. The van der Waals surface area contributed by atoms with Crippen molar-refractivity contribution >= 4 is 5.78 Å². The molecule has 0 amide bonds. The second-order valence-electron chi connectivity index (χ2n) is 5.76. The zero-order valence-electron chi connectivity index (χ0n) is 12.7. The monoisotopic (exact) mass is 294 g/mol. The third kappa shape index (κ3) is 5.21. The summed E-state index contributed by atoms with van der Waals surface area (Å²) in [5.41, 5.74) is 0.560. The molecule has 1 aliphatic heterocycles. The zero-order chi connectivity index (χ0) is 15.2. The second kappa shape index (κ2) is 7.66. The third-order valence-electron chi connectivity index (χ3n) is 3.72. The van der Waals surface area contributed by atoms with Crippen LogP contribution in [0.15, 0.2) is 24.3 Å². The Morgan fingerprint density at radius 1 is 1.24 bits per heavy atom. The van der Waals surface area contributed by atoms with Crippen LogP contribution in [0.2, 0.25) is 0 Å². The number of ketones is 1. The van der Waals surface area contributed by atoms with Crippen molar-refractivity contribution in [1.82, 2.24) is 0 Å². The Bertz CT molecular complexity index is 448. The van der Waals surface area contributed by atoms with Crippen LogP contribution in [0.25, 0.3) is 0 Å². The van der Waals surface area contributed by atoms with Crippen molar-refractivity contribution in [2.75, 3.05) is 6.61 Å². The smallest absolute Gasteiger partial charge is 0.162 e. The molecule has 2 rings (SSSR count). The van der Waals surface area contributed by atoms with Gasteiger partial charge in [0.25, 0.3) is 0 Å². The number of halogens is 1. The van der Waals surface area contributed by atoms with E-state index in [1.807, 2.05) is 0 Å². The first-order valence-corrected chi connectivity index (χ1v) is 7.60. The summed E-state index contributed by atoms with van der Waals surface area (Å²) in [5, 5.41) is 0. The minimum atomic E-state index is -0.322. The highest BCUT2D eigenvalue weighted by molar-refractivity contribution is 5.95. The van der Waals surface area contributed by atoms with Crippen LogP contribution in [0.5, 0.6) is 0 Å². The van der Waals surface area contributed by atoms with E-state index >= 15 is 0 Å². The molecule has 3 nitrogen and oxygen atoms in total. The van der Waals surface area contributed by atoms with Crippen LogP contribution in [0, 0.1) is 5.82 Å². The van der Waals surface area contributed by atoms with Crippen LogP contribution in [0.1, 0.15) is 49.9 Å². The standard InChI is InChI=1S/C17H23FO3/c1-12-10-16(11-13(2)21-12)20-9-3-4-17(19)14-5-7-15(18)8-6-14/h5-8,12-13,16H,3-4,9-11H2,1-2H3. The summed E-state index contributed by atoms with van der Waals surface area (Å²) in [6, 6.07) is 5.68. The summed E-state index contributed by atoms with van der Waals surface area (Å²) >= 11 is 0. The van der Waals surface area contributed by atoms with E-state index in [2.05, 4.69) is 13.8 Å². The van der Waals surface area contributed by atoms with Crippen LogP contribution >= 0.6 is 0 Å². The molecule has 1 aromatic rings. The normalized spacial score (nSPS) is 25.8. The van der Waals surface area contributed by atoms with Crippen LogP contribution in [0.3, 0.4) is 0 Å². The predicted molar refractivity (Wildman–Crippen MR) is 78.9 cm³/mol. The zero-order valence-corrected chi connectivity index (χ0v) is 12.7. The van der Waals surface area contributed by atoms with Gasteiger partial charge in [-0.1, -0.05) is 0 Å². The van der Waals surface area contributed by atoms with Crippen LogP contribution in [-0.4, -0.2) is 30.7 Å². The molecule has 0 radical (unpaired) electrons. The molecule has 0 aromatic heterocycles. The molecule has 0 spiro atoms. The summed E-state index contributed by atoms with van der Waals surface area (Å²) in [6.45, 7) is 4.70. The molecule has 0 N–H and O–H groups in total. The van der Waals surface area contributed by atoms with Crippen molar-refractivity contribution < 1.29 is 18.7 Å². The van der Waals surface area contributed by atoms with Crippen LogP contribution < -0.4 is 0 Å². The number of benzene rings is 1. The van der Waals surface area contributed by atoms with Crippen molar-refractivity contribution in [3.05, 3.63) is 35.6 Å². The molecule has 0 bridgehead atoms. The van der Waals surface area contributed by atoms with E-state index in [9.17, 15) is 9.18 Å². The fourth-order valence-corrected chi connectivity index (χ4v) is 2.74. The van der Waals surface area contributed by atoms with Gasteiger partial charge in [0.15, 0.2) is 5.78 Å². The molecule has 1 aromatic carbocycles. The summed E-state index contributed by atoms with van der Waals surface area (Å²) in [7, 11) is 0. The highest BCUT2D eigenvalue weighted by Crippen LogP contribution is 2.21. The average molecular weight is 294 g/mol. The lowest BCUT2D eigenvalue weighted by atomic mass is 10.0. The fourth-order valence-electron chi connectivity index (χ4n) is 2.74. The van der Waals surface area contributed by atoms with Gasteiger partial charge in [-0.25, -0.2) is 4.39 Å². The molecule has 4 heteroatoms.